The minimum atomic E-state index is -0.878. The van der Waals surface area contributed by atoms with Crippen molar-refractivity contribution in [1.82, 2.24) is 5.32 Å². The van der Waals surface area contributed by atoms with Gasteiger partial charge in [-0.3, -0.25) is 5.32 Å². The zero-order chi connectivity index (χ0) is 7.90. The fourth-order valence-electron chi connectivity index (χ4n) is 1.28. The average molecular weight is 188 g/mol. The Labute approximate surface area is 75.3 Å². The van der Waals surface area contributed by atoms with Crippen LogP contribution in [0.4, 0.5) is 0 Å². The van der Waals surface area contributed by atoms with Crippen molar-refractivity contribution in [3.05, 3.63) is 35.4 Å². The Morgan fingerprint density at radius 2 is 2.00 bits per heavy atom. The molecule has 0 amide bonds. The number of alkyl halides is 2. The Hall–Kier alpha value is -0.240. The van der Waals surface area contributed by atoms with Crippen LogP contribution in [0.25, 0.3) is 0 Å². The van der Waals surface area contributed by atoms with Gasteiger partial charge in [-0.15, -0.1) is 0 Å². The molecule has 3 heteroatoms. The summed E-state index contributed by atoms with van der Waals surface area (Å²) in [5, 5.41) is 2.99. The smallest absolute Gasteiger partial charge is 0.195 e. The van der Waals surface area contributed by atoms with Crippen LogP contribution < -0.4 is 5.32 Å². The summed E-state index contributed by atoms with van der Waals surface area (Å²) >= 11 is 11.9. The summed E-state index contributed by atoms with van der Waals surface area (Å²) in [6.45, 7) is 0.753. The van der Waals surface area contributed by atoms with E-state index in [0.717, 1.165) is 12.1 Å². The molecule has 0 atom stereocenters. The van der Waals surface area contributed by atoms with Gasteiger partial charge in [0.1, 0.15) is 0 Å². The molecule has 0 spiro atoms. The fourth-order valence-corrected chi connectivity index (χ4v) is 1.78. The molecule has 0 aromatic heterocycles. The van der Waals surface area contributed by atoms with E-state index in [2.05, 4.69) is 5.32 Å². The first-order valence-electron chi connectivity index (χ1n) is 3.41. The highest BCUT2D eigenvalue weighted by atomic mass is 35.5. The van der Waals surface area contributed by atoms with E-state index in [9.17, 15) is 0 Å². The van der Waals surface area contributed by atoms with E-state index >= 15 is 0 Å². The molecule has 1 nitrogen and oxygen atoms in total. The monoisotopic (exact) mass is 187 g/mol. The lowest BCUT2D eigenvalue weighted by atomic mass is 10.1. The molecule has 0 aliphatic carbocycles. The third kappa shape index (κ3) is 1.13. The Kier molecular flexibility index (Phi) is 1.60. The maximum Gasteiger partial charge on any atom is 0.195 e. The van der Waals surface area contributed by atoms with Crippen LogP contribution in [0.2, 0.25) is 0 Å². The highest BCUT2D eigenvalue weighted by Crippen LogP contribution is 2.37. The SMILES string of the molecule is ClC1(Cl)NCc2ccccc21. The standard InChI is InChI=1S/C8H7Cl2N/c9-8(10)7-4-2-1-3-6(7)5-11-8/h1-4,11H,5H2. The third-order valence-corrected chi connectivity index (χ3v) is 2.53. The second-order valence-electron chi connectivity index (χ2n) is 2.59. The van der Waals surface area contributed by atoms with E-state index in [0.29, 0.717) is 0 Å². The first-order chi connectivity index (χ1) is 5.20. The van der Waals surface area contributed by atoms with Gasteiger partial charge in [0.05, 0.1) is 0 Å². The normalized spacial score (nSPS) is 19.8. The van der Waals surface area contributed by atoms with Gasteiger partial charge in [0.25, 0.3) is 0 Å². The summed E-state index contributed by atoms with van der Waals surface area (Å²) in [6, 6.07) is 7.88. The number of nitrogens with one attached hydrogen (secondary N) is 1. The zero-order valence-electron chi connectivity index (χ0n) is 5.77. The second kappa shape index (κ2) is 2.37. The van der Waals surface area contributed by atoms with Gasteiger partial charge in [-0.05, 0) is 5.56 Å². The van der Waals surface area contributed by atoms with Crippen LogP contribution in [-0.2, 0) is 11.0 Å². The lowest BCUT2D eigenvalue weighted by Gasteiger charge is -2.12. The van der Waals surface area contributed by atoms with E-state index < -0.39 is 4.46 Å². The minimum Gasteiger partial charge on any atom is -0.278 e. The molecule has 58 valence electrons. The predicted octanol–water partition coefficient (Wildman–Crippen LogP) is 2.38. The molecule has 2 rings (SSSR count). The van der Waals surface area contributed by atoms with E-state index in [-0.39, 0.29) is 0 Å². The number of benzene rings is 1. The predicted molar refractivity (Wildman–Crippen MR) is 46.7 cm³/mol. The topological polar surface area (TPSA) is 12.0 Å². The Morgan fingerprint density at radius 1 is 1.27 bits per heavy atom. The van der Waals surface area contributed by atoms with E-state index in [1.165, 1.54) is 5.56 Å². The van der Waals surface area contributed by atoms with E-state index in [1.54, 1.807) is 0 Å². The summed E-state index contributed by atoms with van der Waals surface area (Å²) in [4.78, 5) is 0. The van der Waals surface area contributed by atoms with E-state index in [4.69, 9.17) is 23.2 Å². The largest absolute Gasteiger partial charge is 0.278 e. The zero-order valence-corrected chi connectivity index (χ0v) is 7.28. The third-order valence-electron chi connectivity index (χ3n) is 1.86. The molecule has 0 radical (unpaired) electrons. The molecular formula is C8H7Cl2N. The summed E-state index contributed by atoms with van der Waals surface area (Å²) in [6.07, 6.45) is 0. The molecule has 0 saturated carbocycles. The van der Waals surface area contributed by atoms with Crippen molar-refractivity contribution >= 4 is 23.2 Å². The second-order valence-corrected chi connectivity index (χ2v) is 3.91. The maximum atomic E-state index is 5.95. The minimum absolute atomic E-state index is 0.753. The van der Waals surface area contributed by atoms with Gasteiger partial charge < -0.3 is 0 Å². The molecular weight excluding hydrogens is 181 g/mol. The van der Waals surface area contributed by atoms with Crippen molar-refractivity contribution in [3.63, 3.8) is 0 Å². The summed E-state index contributed by atoms with van der Waals surface area (Å²) < 4.78 is -0.878. The highest BCUT2D eigenvalue weighted by Gasteiger charge is 2.33. The van der Waals surface area contributed by atoms with Gasteiger partial charge >= 0.3 is 0 Å². The van der Waals surface area contributed by atoms with Crippen LogP contribution in [0.15, 0.2) is 24.3 Å². The number of halogens is 2. The van der Waals surface area contributed by atoms with Gasteiger partial charge in [-0.1, -0.05) is 47.5 Å². The Balaban J connectivity index is 2.56. The number of fused-ring (bicyclic) bond motifs is 1. The van der Waals surface area contributed by atoms with Crippen molar-refractivity contribution in [2.45, 2.75) is 11.0 Å². The van der Waals surface area contributed by atoms with Gasteiger partial charge in [0.2, 0.25) is 0 Å². The first kappa shape index (κ1) is 7.41. The van der Waals surface area contributed by atoms with Crippen molar-refractivity contribution in [2.24, 2.45) is 0 Å². The molecule has 0 bridgehead atoms. The molecule has 0 fully saturated rings. The van der Waals surface area contributed by atoms with Gasteiger partial charge in [0, 0.05) is 12.1 Å². The Bertz CT molecular complexity index is 283. The van der Waals surface area contributed by atoms with Gasteiger partial charge in [-0.2, -0.15) is 0 Å². The number of rotatable bonds is 0. The summed E-state index contributed by atoms with van der Waals surface area (Å²) in [5.74, 6) is 0. The van der Waals surface area contributed by atoms with Gasteiger partial charge in [-0.25, -0.2) is 0 Å². The molecule has 0 unspecified atom stereocenters. The summed E-state index contributed by atoms with van der Waals surface area (Å²) in [5.41, 5.74) is 2.15. The molecule has 1 N–H and O–H groups in total. The van der Waals surface area contributed by atoms with Crippen LogP contribution >= 0.6 is 23.2 Å². The highest BCUT2D eigenvalue weighted by molar-refractivity contribution is 6.48. The lowest BCUT2D eigenvalue weighted by molar-refractivity contribution is 0.682. The van der Waals surface area contributed by atoms with Crippen molar-refractivity contribution in [2.75, 3.05) is 0 Å². The van der Waals surface area contributed by atoms with Crippen molar-refractivity contribution in [1.29, 1.82) is 0 Å². The quantitative estimate of drug-likeness (QED) is 0.486. The fraction of sp³-hybridized carbons (Fsp3) is 0.250. The lowest BCUT2D eigenvalue weighted by Crippen LogP contribution is -2.22. The van der Waals surface area contributed by atoms with Crippen LogP contribution in [0.5, 0.6) is 0 Å². The molecule has 11 heavy (non-hydrogen) atoms. The average Bonchev–Trinajstić information content (AvgIpc) is 2.29. The molecule has 1 aromatic rings. The molecule has 1 aliphatic rings. The molecule has 1 aliphatic heterocycles. The van der Waals surface area contributed by atoms with Gasteiger partial charge in [0.15, 0.2) is 4.46 Å². The Morgan fingerprint density at radius 3 is 2.73 bits per heavy atom. The van der Waals surface area contributed by atoms with Crippen molar-refractivity contribution < 1.29 is 0 Å². The molecule has 0 saturated heterocycles. The number of hydrogen-bond acceptors (Lipinski definition) is 1. The van der Waals surface area contributed by atoms with Crippen LogP contribution in [-0.4, -0.2) is 0 Å². The summed E-state index contributed by atoms with van der Waals surface area (Å²) in [7, 11) is 0. The number of hydrogen-bond donors (Lipinski definition) is 1. The van der Waals surface area contributed by atoms with Crippen LogP contribution in [0, 0.1) is 0 Å². The molecule has 1 heterocycles. The first-order valence-corrected chi connectivity index (χ1v) is 4.17. The van der Waals surface area contributed by atoms with Crippen LogP contribution in [0.1, 0.15) is 11.1 Å². The van der Waals surface area contributed by atoms with Crippen molar-refractivity contribution in [3.8, 4) is 0 Å². The van der Waals surface area contributed by atoms with Crippen LogP contribution in [0.3, 0.4) is 0 Å². The maximum absolute atomic E-state index is 5.95. The molecule has 1 aromatic carbocycles. The van der Waals surface area contributed by atoms with E-state index in [1.807, 2.05) is 24.3 Å².